The Kier molecular flexibility index (Phi) is 10.8. The van der Waals surface area contributed by atoms with E-state index in [2.05, 4.69) is 4.52 Å². The molecule has 0 heterocycles. The van der Waals surface area contributed by atoms with Gasteiger partial charge >= 0.3 is 7.82 Å². The molecule has 0 aliphatic heterocycles. The van der Waals surface area contributed by atoms with E-state index in [9.17, 15) is 4.57 Å². The monoisotopic (exact) mass is 428 g/mol. The lowest BCUT2D eigenvalue weighted by atomic mass is 9.81. The van der Waals surface area contributed by atoms with Crippen LogP contribution in [0, 0.1) is 11.8 Å². The highest BCUT2D eigenvalue weighted by Crippen LogP contribution is 2.45. The van der Waals surface area contributed by atoms with Crippen LogP contribution in [0.4, 0.5) is 0 Å². The molecule has 0 spiro atoms. The van der Waals surface area contributed by atoms with Gasteiger partial charge in [0.2, 0.25) is 0 Å². The molecule has 2 N–H and O–H groups in total. The van der Waals surface area contributed by atoms with Gasteiger partial charge in [-0.1, -0.05) is 0 Å². The van der Waals surface area contributed by atoms with Crippen molar-refractivity contribution in [3.63, 3.8) is 0 Å². The van der Waals surface area contributed by atoms with Crippen LogP contribution < -0.4 is 0 Å². The van der Waals surface area contributed by atoms with Gasteiger partial charge in [0.05, 0.1) is 16.9 Å². The van der Waals surface area contributed by atoms with E-state index < -0.39 is 36.5 Å². The van der Waals surface area contributed by atoms with Crippen LogP contribution in [0.5, 0.6) is 0 Å². The largest absolute Gasteiger partial charge is 0.469 e. The first-order chi connectivity index (χ1) is 9.17. The summed E-state index contributed by atoms with van der Waals surface area (Å²) in [6, 6.07) is 0. The predicted molar refractivity (Wildman–Crippen MR) is 86.1 cm³/mol. The second-order valence-electron chi connectivity index (χ2n) is 4.09. The van der Waals surface area contributed by atoms with Gasteiger partial charge in [0.15, 0.2) is 0 Å². The number of alkyl halides is 6. The zero-order valence-electron chi connectivity index (χ0n) is 10.2. The van der Waals surface area contributed by atoms with E-state index in [-0.39, 0.29) is 23.5 Å². The molecule has 1 atom stereocenters. The molecule has 0 rings (SSSR count). The molecule has 0 aliphatic rings. The van der Waals surface area contributed by atoms with Gasteiger partial charge in [0, 0.05) is 35.4 Å². The fourth-order valence-electron chi connectivity index (χ4n) is 1.69. The summed E-state index contributed by atoms with van der Waals surface area (Å²) in [5.74, 6) is -0.546. The maximum absolute atomic E-state index is 10.7. The molecule has 0 aromatic rings. The number of hydrogen-bond donors (Lipinski definition) is 2. The molecule has 0 saturated heterocycles. The van der Waals surface area contributed by atoms with Gasteiger partial charge in [-0.3, -0.25) is 4.52 Å². The van der Waals surface area contributed by atoms with Crippen molar-refractivity contribution in [1.82, 2.24) is 0 Å². The van der Waals surface area contributed by atoms with Crippen LogP contribution in [0.25, 0.3) is 0 Å². The summed E-state index contributed by atoms with van der Waals surface area (Å²) in [6.07, 6.45) is 0. The van der Waals surface area contributed by atoms with Crippen LogP contribution in [0.2, 0.25) is 0 Å². The van der Waals surface area contributed by atoms with Crippen LogP contribution in [0.15, 0.2) is 0 Å². The fourth-order valence-corrected chi connectivity index (χ4v) is 4.91. The Bertz CT molecular complexity index is 308. The normalized spacial score (nSPS) is 15.1. The first kappa shape index (κ1) is 21.9. The summed E-state index contributed by atoms with van der Waals surface area (Å²) >= 11 is 36.1. The molecule has 122 valence electrons. The highest BCUT2D eigenvalue weighted by molar-refractivity contribution is 7.46. The van der Waals surface area contributed by atoms with Gasteiger partial charge < -0.3 is 9.79 Å². The Morgan fingerprint density at radius 2 is 1.35 bits per heavy atom. The minimum atomic E-state index is -4.66. The van der Waals surface area contributed by atoms with Crippen molar-refractivity contribution in [2.75, 3.05) is 30.1 Å². The molecule has 0 radical (unpaired) electrons. The third-order valence-corrected chi connectivity index (χ3v) is 6.32. The van der Waals surface area contributed by atoms with Crippen molar-refractivity contribution in [3.8, 4) is 0 Å². The van der Waals surface area contributed by atoms with Crippen molar-refractivity contribution in [1.29, 1.82) is 0 Å². The topological polar surface area (TPSA) is 66.8 Å². The van der Waals surface area contributed by atoms with E-state index in [1.165, 1.54) is 0 Å². The van der Waals surface area contributed by atoms with Gasteiger partial charge in [-0.25, -0.2) is 4.57 Å². The second-order valence-corrected chi connectivity index (χ2v) is 7.75. The van der Waals surface area contributed by atoms with Gasteiger partial charge in [-0.2, -0.15) is 0 Å². The number of halogens is 6. The molecule has 0 amide bonds. The van der Waals surface area contributed by atoms with Gasteiger partial charge in [0.1, 0.15) is 0 Å². The van der Waals surface area contributed by atoms with Gasteiger partial charge in [-0.05, 0) is 0 Å². The minimum absolute atomic E-state index is 0.0937. The lowest BCUT2D eigenvalue weighted by Gasteiger charge is -2.42. The molecule has 4 nitrogen and oxygen atoms in total. The first-order valence-corrected chi connectivity index (χ1v) is 9.92. The van der Waals surface area contributed by atoms with Crippen molar-refractivity contribution in [3.05, 3.63) is 0 Å². The number of phosphoric acid groups is 1. The van der Waals surface area contributed by atoms with Crippen LogP contribution in [-0.2, 0) is 9.09 Å². The standard InChI is InChI=1S/C9H15Cl6O4P/c10-1-6(2-11)9(15,7(3-12)4-13)8(14)5-19-20(16,17)18/h6-8H,1-5H2,(H2,16,17,18). The highest BCUT2D eigenvalue weighted by atomic mass is 35.5. The summed E-state index contributed by atoms with van der Waals surface area (Å²) in [5, 5.41) is -0.984. The van der Waals surface area contributed by atoms with E-state index in [0.717, 1.165) is 0 Å². The maximum atomic E-state index is 10.7. The smallest absolute Gasteiger partial charge is 0.303 e. The van der Waals surface area contributed by atoms with Crippen LogP contribution in [0.1, 0.15) is 0 Å². The van der Waals surface area contributed by atoms with E-state index in [4.69, 9.17) is 79.4 Å². The van der Waals surface area contributed by atoms with Crippen LogP contribution in [-0.4, -0.2) is 50.2 Å². The zero-order chi connectivity index (χ0) is 16.0. The molecule has 0 saturated carbocycles. The summed E-state index contributed by atoms with van der Waals surface area (Å²) in [7, 11) is -4.66. The Hall–Kier alpha value is 1.85. The molecule has 0 fully saturated rings. The van der Waals surface area contributed by atoms with Gasteiger partial charge in [0.25, 0.3) is 0 Å². The van der Waals surface area contributed by atoms with E-state index in [1.54, 1.807) is 0 Å². The lowest BCUT2D eigenvalue weighted by Crippen LogP contribution is -2.52. The Morgan fingerprint density at radius 3 is 1.60 bits per heavy atom. The summed E-state index contributed by atoms with van der Waals surface area (Å²) in [6.45, 7) is -0.482. The van der Waals surface area contributed by atoms with E-state index in [1.807, 2.05) is 0 Å². The zero-order valence-corrected chi connectivity index (χ0v) is 15.6. The van der Waals surface area contributed by atoms with Gasteiger partial charge in [-0.15, -0.1) is 69.6 Å². The maximum Gasteiger partial charge on any atom is 0.469 e. The molecule has 0 bridgehead atoms. The number of rotatable bonds is 10. The molecule has 0 aromatic heterocycles. The highest BCUT2D eigenvalue weighted by Gasteiger charge is 2.48. The number of phosphoric ester groups is 1. The van der Waals surface area contributed by atoms with E-state index >= 15 is 0 Å². The number of hydrogen-bond acceptors (Lipinski definition) is 2. The molecular weight excluding hydrogens is 416 g/mol. The third-order valence-electron chi connectivity index (χ3n) is 2.87. The van der Waals surface area contributed by atoms with Crippen molar-refractivity contribution < 1.29 is 18.9 Å². The Labute approximate surface area is 148 Å². The van der Waals surface area contributed by atoms with Crippen molar-refractivity contribution in [2.45, 2.75) is 10.3 Å². The predicted octanol–water partition coefficient (Wildman–Crippen LogP) is 3.87. The second kappa shape index (κ2) is 9.87. The van der Waals surface area contributed by atoms with E-state index in [0.29, 0.717) is 0 Å². The average Bonchev–Trinajstić information content (AvgIpc) is 2.37. The average molecular weight is 431 g/mol. The SMILES string of the molecule is O=P(O)(O)OCC(Cl)C(Cl)(C(CCl)CCl)C(CCl)CCl. The molecular formula is C9H15Cl6O4P. The first-order valence-electron chi connectivity index (χ1n) is 5.44. The minimum Gasteiger partial charge on any atom is -0.303 e. The van der Waals surface area contributed by atoms with Crippen LogP contribution in [0.3, 0.4) is 0 Å². The fraction of sp³-hybridized carbons (Fsp3) is 1.00. The lowest BCUT2D eigenvalue weighted by molar-refractivity contribution is 0.175. The van der Waals surface area contributed by atoms with Crippen molar-refractivity contribution in [2.24, 2.45) is 11.8 Å². The Morgan fingerprint density at radius 1 is 1.00 bits per heavy atom. The molecule has 0 aliphatic carbocycles. The molecule has 11 heteroatoms. The molecule has 20 heavy (non-hydrogen) atoms. The third kappa shape index (κ3) is 6.16. The molecule has 1 unspecified atom stereocenters. The summed E-state index contributed by atoms with van der Waals surface area (Å²) in [5.41, 5.74) is 0. The van der Waals surface area contributed by atoms with Crippen LogP contribution >= 0.6 is 77.4 Å². The summed E-state index contributed by atoms with van der Waals surface area (Å²) < 4.78 is 15.1. The molecule has 0 aromatic carbocycles. The van der Waals surface area contributed by atoms with Crippen molar-refractivity contribution >= 4 is 77.4 Å². The summed E-state index contributed by atoms with van der Waals surface area (Å²) in [4.78, 5) is 16.2. The Balaban J connectivity index is 5.24. The quantitative estimate of drug-likeness (QED) is 0.408.